The maximum absolute atomic E-state index is 12.3. The van der Waals surface area contributed by atoms with Crippen molar-refractivity contribution in [3.63, 3.8) is 0 Å². The molecule has 39 heavy (non-hydrogen) atoms. The zero-order chi connectivity index (χ0) is 28.2. The van der Waals surface area contributed by atoms with Gasteiger partial charge in [-0.05, 0) is 54.4 Å². The van der Waals surface area contributed by atoms with Crippen molar-refractivity contribution in [3.05, 3.63) is 93.5 Å². The van der Waals surface area contributed by atoms with Crippen molar-refractivity contribution >= 4 is 29.7 Å². The largest absolute Gasteiger partial charge is 0.493 e. The minimum absolute atomic E-state index is 0.133. The van der Waals surface area contributed by atoms with E-state index in [0.717, 1.165) is 0 Å². The summed E-state index contributed by atoms with van der Waals surface area (Å²) in [4.78, 5) is 46.8. The highest BCUT2D eigenvalue weighted by Gasteiger charge is 2.12. The molecule has 0 spiro atoms. The van der Waals surface area contributed by atoms with Gasteiger partial charge in [-0.3, -0.25) is 19.7 Å². The SMILES string of the molecule is COc1ccc(C(=O)NCCCC(=O)NN=Cc2cccc(OC(=O)c3ccc([N+](=O)[O-])cc3)c2)cc1OC. The van der Waals surface area contributed by atoms with E-state index in [1.54, 1.807) is 42.5 Å². The van der Waals surface area contributed by atoms with E-state index in [-0.39, 0.29) is 41.8 Å². The summed E-state index contributed by atoms with van der Waals surface area (Å²) in [6.07, 6.45) is 1.92. The average Bonchev–Trinajstić information content (AvgIpc) is 2.95. The lowest BCUT2D eigenvalue weighted by molar-refractivity contribution is -0.384. The van der Waals surface area contributed by atoms with Crippen LogP contribution in [0.3, 0.4) is 0 Å². The maximum atomic E-state index is 12.3. The van der Waals surface area contributed by atoms with Gasteiger partial charge in [0.2, 0.25) is 5.91 Å². The number of ether oxygens (including phenoxy) is 3. The van der Waals surface area contributed by atoms with Crippen LogP contribution in [0, 0.1) is 10.1 Å². The van der Waals surface area contributed by atoms with Gasteiger partial charge in [-0.25, -0.2) is 10.2 Å². The summed E-state index contributed by atoms with van der Waals surface area (Å²) in [5.41, 5.74) is 3.40. The van der Waals surface area contributed by atoms with Crippen LogP contribution < -0.4 is 25.0 Å². The Morgan fingerprint density at radius 1 is 0.949 bits per heavy atom. The summed E-state index contributed by atoms with van der Waals surface area (Å²) in [5.74, 6) is -0.128. The molecule has 0 saturated heterocycles. The minimum Gasteiger partial charge on any atom is -0.493 e. The highest BCUT2D eigenvalue weighted by molar-refractivity contribution is 5.95. The second-order valence-corrected chi connectivity index (χ2v) is 7.99. The number of nitrogens with zero attached hydrogens (tertiary/aromatic N) is 2. The Kier molecular flexibility index (Phi) is 10.1. The van der Waals surface area contributed by atoms with Crippen LogP contribution in [0.15, 0.2) is 71.8 Å². The van der Waals surface area contributed by atoms with E-state index in [1.807, 2.05) is 0 Å². The molecular weight excluding hydrogens is 508 g/mol. The molecule has 0 bridgehead atoms. The van der Waals surface area contributed by atoms with Crippen LogP contribution in [0.5, 0.6) is 17.2 Å². The van der Waals surface area contributed by atoms with Crippen LogP contribution in [-0.4, -0.2) is 49.7 Å². The van der Waals surface area contributed by atoms with Gasteiger partial charge >= 0.3 is 5.97 Å². The van der Waals surface area contributed by atoms with Crippen molar-refractivity contribution in [1.29, 1.82) is 0 Å². The zero-order valence-corrected chi connectivity index (χ0v) is 21.2. The number of esters is 1. The third-order valence-corrected chi connectivity index (χ3v) is 5.30. The molecule has 12 heteroatoms. The Bertz CT molecular complexity index is 1370. The number of rotatable bonds is 12. The van der Waals surface area contributed by atoms with Crippen LogP contribution in [0.1, 0.15) is 39.1 Å². The average molecular weight is 535 g/mol. The standard InChI is InChI=1S/C27H26N4O8/c1-37-23-13-10-20(16-24(23)38-2)26(33)28-14-4-7-25(32)30-29-17-18-5-3-6-22(15-18)39-27(34)19-8-11-21(12-9-19)31(35)36/h3,5-6,8-13,15-17H,4,7,14H2,1-2H3,(H,28,33)(H,30,32). The lowest BCUT2D eigenvalue weighted by atomic mass is 10.2. The summed E-state index contributed by atoms with van der Waals surface area (Å²) < 4.78 is 15.7. The molecule has 3 aromatic carbocycles. The number of nitro benzene ring substituents is 1. The molecule has 12 nitrogen and oxygen atoms in total. The van der Waals surface area contributed by atoms with Crippen molar-refractivity contribution < 1.29 is 33.5 Å². The molecule has 0 fully saturated rings. The van der Waals surface area contributed by atoms with Gasteiger partial charge in [-0.1, -0.05) is 12.1 Å². The van der Waals surface area contributed by atoms with E-state index in [4.69, 9.17) is 14.2 Å². The molecule has 0 heterocycles. The van der Waals surface area contributed by atoms with E-state index >= 15 is 0 Å². The Hall–Kier alpha value is -5.26. The van der Waals surface area contributed by atoms with E-state index in [2.05, 4.69) is 15.8 Å². The van der Waals surface area contributed by atoms with Crippen LogP contribution in [0.25, 0.3) is 0 Å². The number of hydrogen-bond donors (Lipinski definition) is 2. The van der Waals surface area contributed by atoms with Gasteiger partial charge in [0, 0.05) is 30.7 Å². The smallest absolute Gasteiger partial charge is 0.343 e. The predicted octanol–water partition coefficient (Wildman–Crippen LogP) is 3.49. The van der Waals surface area contributed by atoms with Gasteiger partial charge in [-0.15, -0.1) is 0 Å². The fourth-order valence-corrected chi connectivity index (χ4v) is 3.31. The number of amides is 2. The van der Waals surface area contributed by atoms with Crippen LogP contribution >= 0.6 is 0 Å². The predicted molar refractivity (Wildman–Crippen MR) is 141 cm³/mol. The molecule has 0 aliphatic rings. The third-order valence-electron chi connectivity index (χ3n) is 5.30. The number of carbonyl (C=O) groups excluding carboxylic acids is 3. The first-order valence-corrected chi connectivity index (χ1v) is 11.7. The fourth-order valence-electron chi connectivity index (χ4n) is 3.31. The summed E-state index contributed by atoms with van der Waals surface area (Å²) >= 11 is 0. The molecule has 0 aliphatic heterocycles. The lowest BCUT2D eigenvalue weighted by Crippen LogP contribution is -2.26. The van der Waals surface area contributed by atoms with Crippen molar-refractivity contribution in [2.45, 2.75) is 12.8 Å². The zero-order valence-electron chi connectivity index (χ0n) is 21.2. The Morgan fingerprint density at radius 2 is 1.67 bits per heavy atom. The second-order valence-electron chi connectivity index (χ2n) is 7.99. The molecule has 0 unspecified atom stereocenters. The molecule has 0 atom stereocenters. The summed E-state index contributed by atoms with van der Waals surface area (Å²) in [5, 5.41) is 17.4. The quantitative estimate of drug-likeness (QED) is 0.0892. The van der Waals surface area contributed by atoms with Gasteiger partial charge in [0.05, 0.1) is 30.9 Å². The molecule has 202 valence electrons. The molecule has 0 aromatic heterocycles. The fraction of sp³-hybridized carbons (Fsp3) is 0.185. The number of nitrogens with one attached hydrogen (secondary N) is 2. The number of carbonyl (C=O) groups is 3. The molecule has 3 aromatic rings. The van der Waals surface area contributed by atoms with Gasteiger partial charge < -0.3 is 19.5 Å². The number of nitro groups is 1. The van der Waals surface area contributed by atoms with Crippen LogP contribution in [0.2, 0.25) is 0 Å². The number of non-ortho nitro benzene ring substituents is 1. The first kappa shape index (κ1) is 28.3. The van der Waals surface area contributed by atoms with Gasteiger partial charge in [0.25, 0.3) is 11.6 Å². The first-order chi connectivity index (χ1) is 18.8. The van der Waals surface area contributed by atoms with E-state index in [9.17, 15) is 24.5 Å². The number of hydrazone groups is 1. The van der Waals surface area contributed by atoms with Gasteiger partial charge in [-0.2, -0.15) is 5.10 Å². The summed E-state index contributed by atoms with van der Waals surface area (Å²) in [7, 11) is 2.99. The maximum Gasteiger partial charge on any atom is 0.343 e. The van der Waals surface area contributed by atoms with Gasteiger partial charge in [0.1, 0.15) is 5.75 Å². The normalized spacial score (nSPS) is 10.5. The van der Waals surface area contributed by atoms with Crippen LogP contribution in [0.4, 0.5) is 5.69 Å². The second kappa shape index (κ2) is 13.9. The lowest BCUT2D eigenvalue weighted by Gasteiger charge is -2.10. The molecule has 3 rings (SSSR count). The van der Waals surface area contributed by atoms with Gasteiger partial charge in [0.15, 0.2) is 11.5 Å². The van der Waals surface area contributed by atoms with E-state index < -0.39 is 10.9 Å². The third kappa shape index (κ3) is 8.39. The molecule has 2 N–H and O–H groups in total. The molecular formula is C27H26N4O8. The molecule has 0 saturated carbocycles. The van der Waals surface area contributed by atoms with E-state index in [1.165, 1.54) is 44.7 Å². The van der Waals surface area contributed by atoms with Crippen molar-refractivity contribution in [2.24, 2.45) is 5.10 Å². The highest BCUT2D eigenvalue weighted by atomic mass is 16.6. The van der Waals surface area contributed by atoms with Crippen molar-refractivity contribution in [3.8, 4) is 17.2 Å². The van der Waals surface area contributed by atoms with Crippen LogP contribution in [-0.2, 0) is 4.79 Å². The minimum atomic E-state index is -0.675. The monoisotopic (exact) mass is 534 g/mol. The van der Waals surface area contributed by atoms with Crippen molar-refractivity contribution in [2.75, 3.05) is 20.8 Å². The first-order valence-electron chi connectivity index (χ1n) is 11.7. The Morgan fingerprint density at radius 3 is 2.36 bits per heavy atom. The van der Waals surface area contributed by atoms with Crippen molar-refractivity contribution in [1.82, 2.24) is 10.7 Å². The number of methoxy groups -OCH3 is 2. The molecule has 0 aliphatic carbocycles. The topological polar surface area (TPSA) is 158 Å². The highest BCUT2D eigenvalue weighted by Crippen LogP contribution is 2.27. The Labute approximate surface area is 223 Å². The Balaban J connectivity index is 1.42. The number of benzene rings is 3. The summed E-state index contributed by atoms with van der Waals surface area (Å²) in [6.45, 7) is 0.284. The molecule has 0 radical (unpaired) electrons. The van der Waals surface area contributed by atoms with E-state index in [0.29, 0.717) is 29.0 Å². The number of hydrogen-bond acceptors (Lipinski definition) is 9. The summed E-state index contributed by atoms with van der Waals surface area (Å²) in [6, 6.07) is 16.3. The molecule has 2 amide bonds.